The molecule has 1 unspecified atom stereocenters. The van der Waals surface area contributed by atoms with Gasteiger partial charge in [-0.15, -0.1) is 0 Å². The topological polar surface area (TPSA) is 76.5 Å². The van der Waals surface area contributed by atoms with Gasteiger partial charge in [-0.1, -0.05) is 25.6 Å². The minimum absolute atomic E-state index is 0.00552. The predicted molar refractivity (Wildman–Crippen MR) is 72.3 cm³/mol. The fourth-order valence-corrected chi connectivity index (χ4v) is 2.28. The maximum absolute atomic E-state index is 11.4. The van der Waals surface area contributed by atoms with Crippen molar-refractivity contribution in [2.45, 2.75) is 31.0 Å². The molecule has 1 heterocycles. The van der Waals surface area contributed by atoms with Gasteiger partial charge in [0.25, 0.3) is 0 Å². The molecule has 0 aliphatic heterocycles. The van der Waals surface area contributed by atoms with E-state index in [0.717, 1.165) is 0 Å². The van der Waals surface area contributed by atoms with E-state index in [1.54, 1.807) is 19.1 Å². The lowest BCUT2D eigenvalue weighted by Crippen LogP contribution is -2.22. The Labute approximate surface area is 116 Å². The fourth-order valence-electron chi connectivity index (χ4n) is 1.39. The number of nitrogens with zero attached hydrogens (tertiary/aromatic N) is 1. The Morgan fingerprint density at radius 1 is 1.42 bits per heavy atom. The summed E-state index contributed by atoms with van der Waals surface area (Å²) in [6.07, 6.45) is 1.40. The number of carboxylic acids is 1. The molecule has 0 bridgehead atoms. The lowest BCUT2D eigenvalue weighted by Gasteiger charge is -2.14. The van der Waals surface area contributed by atoms with E-state index in [-0.39, 0.29) is 5.92 Å². The number of ether oxygens (including phenoxy) is 1. The standard InChI is InChI=1S/C13H17NO4S/c1-4-18-13(17)9-5-6-10(14-7-9)19-11(8(2)3)12(15)16/h5-8,11H,4H2,1-3H3,(H,15,16). The Kier molecular flexibility index (Phi) is 5.82. The SMILES string of the molecule is CCOC(=O)c1ccc(SC(C(=O)O)C(C)C)nc1. The Hall–Kier alpha value is -1.56. The zero-order valence-electron chi connectivity index (χ0n) is 11.1. The average Bonchev–Trinajstić information content (AvgIpc) is 2.36. The molecule has 0 radical (unpaired) electrons. The van der Waals surface area contributed by atoms with Crippen LogP contribution < -0.4 is 0 Å². The van der Waals surface area contributed by atoms with Crippen LogP contribution >= 0.6 is 11.8 Å². The molecule has 5 nitrogen and oxygen atoms in total. The minimum Gasteiger partial charge on any atom is -0.480 e. The van der Waals surface area contributed by atoms with Crippen LogP contribution in [-0.4, -0.2) is 33.9 Å². The largest absolute Gasteiger partial charge is 0.480 e. The highest BCUT2D eigenvalue weighted by Crippen LogP contribution is 2.26. The third kappa shape index (κ3) is 4.55. The first-order valence-electron chi connectivity index (χ1n) is 5.98. The summed E-state index contributed by atoms with van der Waals surface area (Å²) in [5.74, 6) is -1.30. The summed E-state index contributed by atoms with van der Waals surface area (Å²) in [5.41, 5.74) is 0.364. The molecule has 0 aromatic carbocycles. The third-order valence-electron chi connectivity index (χ3n) is 2.34. The molecule has 1 atom stereocenters. The number of carbonyl (C=O) groups is 2. The lowest BCUT2D eigenvalue weighted by atomic mass is 10.1. The number of esters is 1. The van der Waals surface area contributed by atoms with Crippen LogP contribution in [0.25, 0.3) is 0 Å². The van der Waals surface area contributed by atoms with E-state index >= 15 is 0 Å². The molecular formula is C13H17NO4S. The first kappa shape index (κ1) is 15.5. The lowest BCUT2D eigenvalue weighted by molar-refractivity contribution is -0.137. The van der Waals surface area contributed by atoms with Gasteiger partial charge in [-0.25, -0.2) is 9.78 Å². The van der Waals surface area contributed by atoms with Gasteiger partial charge in [0.1, 0.15) is 5.25 Å². The van der Waals surface area contributed by atoms with Crippen LogP contribution in [0, 0.1) is 5.92 Å². The number of carbonyl (C=O) groups excluding carboxylic acids is 1. The van der Waals surface area contributed by atoms with E-state index in [9.17, 15) is 9.59 Å². The van der Waals surface area contributed by atoms with Crippen LogP contribution in [0.5, 0.6) is 0 Å². The average molecular weight is 283 g/mol. The molecule has 1 N–H and O–H groups in total. The monoisotopic (exact) mass is 283 g/mol. The van der Waals surface area contributed by atoms with E-state index in [1.165, 1.54) is 18.0 Å². The van der Waals surface area contributed by atoms with E-state index in [1.807, 2.05) is 13.8 Å². The molecule has 19 heavy (non-hydrogen) atoms. The van der Waals surface area contributed by atoms with Crippen molar-refractivity contribution < 1.29 is 19.4 Å². The molecule has 1 aromatic rings. The highest BCUT2D eigenvalue weighted by atomic mass is 32.2. The van der Waals surface area contributed by atoms with Crippen molar-refractivity contribution in [3.05, 3.63) is 23.9 Å². The van der Waals surface area contributed by atoms with E-state index in [0.29, 0.717) is 17.2 Å². The number of thioether (sulfide) groups is 1. The molecule has 0 saturated carbocycles. The molecule has 0 aliphatic carbocycles. The van der Waals surface area contributed by atoms with Gasteiger partial charge >= 0.3 is 11.9 Å². The van der Waals surface area contributed by atoms with Crippen molar-refractivity contribution in [1.29, 1.82) is 0 Å². The summed E-state index contributed by atoms with van der Waals surface area (Å²) in [7, 11) is 0. The summed E-state index contributed by atoms with van der Waals surface area (Å²) < 4.78 is 4.85. The molecule has 0 spiro atoms. The van der Waals surface area contributed by atoms with Crippen LogP contribution in [0.2, 0.25) is 0 Å². The van der Waals surface area contributed by atoms with Crippen molar-refractivity contribution in [3.8, 4) is 0 Å². The molecule has 0 amide bonds. The Morgan fingerprint density at radius 3 is 2.53 bits per heavy atom. The molecule has 6 heteroatoms. The number of rotatable bonds is 6. The molecule has 0 aliphatic rings. The van der Waals surface area contributed by atoms with Crippen LogP contribution in [0.3, 0.4) is 0 Å². The first-order chi connectivity index (χ1) is 8.95. The van der Waals surface area contributed by atoms with Crippen molar-refractivity contribution in [2.24, 2.45) is 5.92 Å². The summed E-state index contributed by atoms with van der Waals surface area (Å²) in [6, 6.07) is 3.22. The van der Waals surface area contributed by atoms with Crippen LogP contribution in [-0.2, 0) is 9.53 Å². The maximum Gasteiger partial charge on any atom is 0.339 e. The molecule has 104 valence electrons. The van der Waals surface area contributed by atoms with Crippen molar-refractivity contribution in [2.75, 3.05) is 6.61 Å². The second-order valence-corrected chi connectivity index (χ2v) is 5.39. The summed E-state index contributed by atoms with van der Waals surface area (Å²) in [4.78, 5) is 26.6. The number of aromatic nitrogens is 1. The predicted octanol–water partition coefficient (Wildman–Crippen LogP) is 2.46. The zero-order valence-corrected chi connectivity index (χ0v) is 11.9. The van der Waals surface area contributed by atoms with E-state index in [4.69, 9.17) is 9.84 Å². The molecule has 0 fully saturated rings. The molecule has 0 saturated heterocycles. The highest BCUT2D eigenvalue weighted by Gasteiger charge is 2.23. The Morgan fingerprint density at radius 2 is 2.11 bits per heavy atom. The normalized spacial score (nSPS) is 12.2. The number of hydrogen-bond acceptors (Lipinski definition) is 5. The van der Waals surface area contributed by atoms with Crippen LogP contribution in [0.15, 0.2) is 23.4 Å². The molecule has 1 aromatic heterocycles. The van der Waals surface area contributed by atoms with Crippen molar-refractivity contribution >= 4 is 23.7 Å². The van der Waals surface area contributed by atoms with Gasteiger partial charge in [0.05, 0.1) is 17.2 Å². The van der Waals surface area contributed by atoms with Crippen molar-refractivity contribution in [3.63, 3.8) is 0 Å². The number of carboxylic acid groups (broad SMARTS) is 1. The van der Waals surface area contributed by atoms with Gasteiger partial charge in [0.2, 0.25) is 0 Å². The summed E-state index contributed by atoms with van der Waals surface area (Å²) >= 11 is 1.18. The van der Waals surface area contributed by atoms with Crippen LogP contribution in [0.4, 0.5) is 0 Å². The maximum atomic E-state index is 11.4. The van der Waals surface area contributed by atoms with Crippen LogP contribution in [0.1, 0.15) is 31.1 Å². The van der Waals surface area contributed by atoms with Gasteiger partial charge in [0, 0.05) is 6.20 Å². The van der Waals surface area contributed by atoms with Gasteiger partial charge in [-0.05, 0) is 25.0 Å². The van der Waals surface area contributed by atoms with Gasteiger partial charge in [0.15, 0.2) is 0 Å². The minimum atomic E-state index is -0.865. The van der Waals surface area contributed by atoms with Gasteiger partial charge in [-0.2, -0.15) is 0 Å². The molecule has 1 rings (SSSR count). The van der Waals surface area contributed by atoms with Crippen molar-refractivity contribution in [1.82, 2.24) is 4.98 Å². The summed E-state index contributed by atoms with van der Waals surface area (Å²) in [6.45, 7) is 5.73. The van der Waals surface area contributed by atoms with E-state index in [2.05, 4.69) is 4.98 Å². The second-order valence-electron chi connectivity index (χ2n) is 4.23. The smallest absolute Gasteiger partial charge is 0.339 e. The van der Waals surface area contributed by atoms with E-state index < -0.39 is 17.2 Å². The number of aliphatic carboxylic acids is 1. The van der Waals surface area contributed by atoms with Gasteiger partial charge < -0.3 is 9.84 Å². The Balaban J connectivity index is 2.76. The molecular weight excluding hydrogens is 266 g/mol. The summed E-state index contributed by atoms with van der Waals surface area (Å²) in [5, 5.41) is 9.12. The number of pyridine rings is 1. The first-order valence-corrected chi connectivity index (χ1v) is 6.86. The highest BCUT2D eigenvalue weighted by molar-refractivity contribution is 8.00. The zero-order chi connectivity index (χ0) is 14.4. The number of hydrogen-bond donors (Lipinski definition) is 1. The quantitative estimate of drug-likeness (QED) is 0.638. The second kappa shape index (κ2) is 7.13. The van der Waals surface area contributed by atoms with Gasteiger partial charge in [-0.3, -0.25) is 4.79 Å². The third-order valence-corrected chi connectivity index (χ3v) is 3.83. The Bertz CT molecular complexity index is 444. The fraction of sp³-hybridized carbons (Fsp3) is 0.462.